The van der Waals surface area contributed by atoms with Crippen molar-refractivity contribution in [3.63, 3.8) is 0 Å². The summed E-state index contributed by atoms with van der Waals surface area (Å²) in [7, 11) is 1.56. The van der Waals surface area contributed by atoms with E-state index in [1.165, 1.54) is 12.3 Å². The van der Waals surface area contributed by atoms with E-state index in [4.69, 9.17) is 0 Å². The van der Waals surface area contributed by atoms with Crippen molar-refractivity contribution in [3.8, 4) is 0 Å². The molecule has 0 amide bonds. The van der Waals surface area contributed by atoms with E-state index in [2.05, 4.69) is 15.6 Å². The third kappa shape index (κ3) is 3.91. The molecule has 86 valence electrons. The summed E-state index contributed by atoms with van der Waals surface area (Å²) in [6, 6.07) is 2.78. The summed E-state index contributed by atoms with van der Waals surface area (Å²) in [4.78, 5) is 13.1. The predicted octanol–water partition coefficient (Wildman–Crippen LogP) is 0.605. The lowest BCUT2D eigenvalue weighted by atomic mass is 10.3. The average Bonchev–Trinajstić information content (AvgIpc) is 2.26. The van der Waals surface area contributed by atoms with E-state index >= 15 is 0 Å². The van der Waals surface area contributed by atoms with Crippen LogP contribution in [0.2, 0.25) is 0 Å². The molecule has 0 bridgehead atoms. The van der Waals surface area contributed by atoms with Gasteiger partial charge in [0.05, 0.1) is 4.92 Å². The van der Waals surface area contributed by atoms with Crippen LogP contribution in [-0.2, 0) is 6.54 Å². The summed E-state index contributed by atoms with van der Waals surface area (Å²) in [5, 5.41) is 15.6. The molecule has 0 spiro atoms. The largest absolute Gasteiger partial charge is 0.370 e. The summed E-state index contributed by atoms with van der Waals surface area (Å²) in [5.41, 5.74) is 0.728. The quantitative estimate of drug-likeness (QED) is 0.436. The zero-order valence-electron chi connectivity index (χ0n) is 8.61. The maximum Gasteiger partial charge on any atom is 0.274 e. The number of nitro groups is 1. The molecule has 1 aromatic rings. The highest BCUT2D eigenvalue weighted by Crippen LogP contribution is 1.99. The van der Waals surface area contributed by atoms with E-state index in [0.717, 1.165) is 11.8 Å². The zero-order chi connectivity index (χ0) is 12.0. The summed E-state index contributed by atoms with van der Waals surface area (Å²) in [5.74, 6) is -0.284. The highest BCUT2D eigenvalue weighted by molar-refractivity contribution is 5.10. The Bertz CT molecular complexity index is 391. The van der Waals surface area contributed by atoms with Crippen LogP contribution in [0.1, 0.15) is 5.56 Å². The Morgan fingerprint density at radius 3 is 2.94 bits per heavy atom. The van der Waals surface area contributed by atoms with Crippen molar-refractivity contribution >= 4 is 0 Å². The van der Waals surface area contributed by atoms with Crippen molar-refractivity contribution in [1.29, 1.82) is 0 Å². The standard InChI is InChI=1S/C9H11FN4O2/c1-11-9(6-14(15)16)13-5-7-2-3-8(10)12-4-7/h2-4,6,11,13H,5H2,1H3. The van der Waals surface area contributed by atoms with Crippen LogP contribution >= 0.6 is 0 Å². The van der Waals surface area contributed by atoms with Crippen LogP contribution in [0.25, 0.3) is 0 Å². The number of hydrogen-bond acceptors (Lipinski definition) is 5. The number of halogens is 1. The van der Waals surface area contributed by atoms with E-state index in [1.807, 2.05) is 0 Å². The second-order valence-electron chi connectivity index (χ2n) is 2.92. The van der Waals surface area contributed by atoms with Gasteiger partial charge in [0.25, 0.3) is 6.20 Å². The van der Waals surface area contributed by atoms with Gasteiger partial charge >= 0.3 is 0 Å². The molecule has 6 nitrogen and oxygen atoms in total. The van der Waals surface area contributed by atoms with Crippen molar-refractivity contribution in [2.24, 2.45) is 0 Å². The Balaban J connectivity index is 2.56. The Morgan fingerprint density at radius 1 is 1.69 bits per heavy atom. The first-order valence-corrected chi connectivity index (χ1v) is 4.49. The molecule has 0 fully saturated rings. The average molecular weight is 226 g/mol. The molecule has 7 heteroatoms. The highest BCUT2D eigenvalue weighted by atomic mass is 19.1. The maximum atomic E-state index is 12.5. The van der Waals surface area contributed by atoms with Crippen LogP contribution < -0.4 is 10.6 Å². The molecule has 0 unspecified atom stereocenters. The van der Waals surface area contributed by atoms with Gasteiger partial charge in [-0.1, -0.05) is 6.07 Å². The first-order valence-electron chi connectivity index (χ1n) is 4.49. The fourth-order valence-corrected chi connectivity index (χ4v) is 1.01. The molecule has 0 saturated heterocycles. The Morgan fingerprint density at radius 2 is 2.44 bits per heavy atom. The number of nitrogens with zero attached hydrogens (tertiary/aromatic N) is 2. The SMILES string of the molecule is CNC(=C[N+](=O)[O-])NCc1ccc(F)nc1. The summed E-state index contributed by atoms with van der Waals surface area (Å²) >= 11 is 0. The summed E-state index contributed by atoms with van der Waals surface area (Å²) in [6.07, 6.45) is 2.18. The zero-order valence-corrected chi connectivity index (χ0v) is 8.61. The van der Waals surface area contributed by atoms with Crippen molar-refractivity contribution in [2.45, 2.75) is 6.54 Å². The molecular weight excluding hydrogens is 215 g/mol. The van der Waals surface area contributed by atoms with Gasteiger partial charge in [-0.15, -0.1) is 0 Å². The van der Waals surface area contributed by atoms with Crippen molar-refractivity contribution in [1.82, 2.24) is 15.6 Å². The van der Waals surface area contributed by atoms with Gasteiger partial charge in [0, 0.05) is 19.8 Å². The van der Waals surface area contributed by atoms with Gasteiger partial charge in [-0.25, -0.2) is 4.98 Å². The van der Waals surface area contributed by atoms with Crippen LogP contribution in [-0.4, -0.2) is 17.0 Å². The smallest absolute Gasteiger partial charge is 0.274 e. The lowest BCUT2D eigenvalue weighted by molar-refractivity contribution is -0.404. The minimum Gasteiger partial charge on any atom is -0.370 e. The number of rotatable bonds is 5. The van der Waals surface area contributed by atoms with Gasteiger partial charge in [0.1, 0.15) is 0 Å². The molecule has 1 aromatic heterocycles. The minimum absolute atomic E-state index is 0.273. The number of aromatic nitrogens is 1. The highest BCUT2D eigenvalue weighted by Gasteiger charge is 2.00. The van der Waals surface area contributed by atoms with Crippen molar-refractivity contribution in [2.75, 3.05) is 7.05 Å². The molecule has 16 heavy (non-hydrogen) atoms. The first-order chi connectivity index (χ1) is 7.61. The predicted molar refractivity (Wildman–Crippen MR) is 55.2 cm³/mol. The van der Waals surface area contributed by atoms with Crippen LogP contribution in [0.5, 0.6) is 0 Å². The van der Waals surface area contributed by atoms with Gasteiger partial charge in [0.2, 0.25) is 5.95 Å². The van der Waals surface area contributed by atoms with Crippen LogP contribution in [0.3, 0.4) is 0 Å². The number of hydrogen-bond donors (Lipinski definition) is 2. The maximum absolute atomic E-state index is 12.5. The van der Waals surface area contributed by atoms with Gasteiger partial charge in [-0.2, -0.15) is 4.39 Å². The molecule has 0 radical (unpaired) electrons. The molecule has 0 aliphatic heterocycles. The molecular formula is C9H11FN4O2. The fraction of sp³-hybridized carbons (Fsp3) is 0.222. The van der Waals surface area contributed by atoms with Gasteiger partial charge < -0.3 is 10.6 Å². The van der Waals surface area contributed by atoms with Gasteiger partial charge in [-0.05, 0) is 11.6 Å². The van der Waals surface area contributed by atoms with Crippen molar-refractivity contribution in [3.05, 3.63) is 52.0 Å². The molecule has 0 aliphatic rings. The molecule has 1 rings (SSSR count). The normalized spacial score (nSPS) is 11.0. The van der Waals surface area contributed by atoms with E-state index in [1.54, 1.807) is 13.1 Å². The van der Waals surface area contributed by atoms with E-state index < -0.39 is 10.9 Å². The second kappa shape index (κ2) is 5.64. The van der Waals surface area contributed by atoms with E-state index in [-0.39, 0.29) is 5.82 Å². The monoisotopic (exact) mass is 226 g/mol. The third-order valence-corrected chi connectivity index (χ3v) is 1.78. The molecule has 0 aliphatic carbocycles. The van der Waals surface area contributed by atoms with Gasteiger partial charge in [-0.3, -0.25) is 10.1 Å². The summed E-state index contributed by atoms with van der Waals surface area (Å²) < 4.78 is 12.5. The Kier molecular flexibility index (Phi) is 4.19. The van der Waals surface area contributed by atoms with Crippen LogP contribution in [0.15, 0.2) is 30.4 Å². The molecule has 0 aromatic carbocycles. The number of pyridine rings is 1. The fourth-order valence-electron chi connectivity index (χ4n) is 1.01. The molecule has 0 atom stereocenters. The summed E-state index contributed by atoms with van der Waals surface area (Å²) in [6.45, 7) is 0.327. The van der Waals surface area contributed by atoms with Crippen LogP contribution in [0, 0.1) is 16.1 Å². The Hall–Kier alpha value is -2.18. The van der Waals surface area contributed by atoms with Crippen LogP contribution in [0.4, 0.5) is 4.39 Å². The minimum atomic E-state index is -0.568. The topological polar surface area (TPSA) is 80.1 Å². The number of nitrogens with one attached hydrogen (secondary N) is 2. The van der Waals surface area contributed by atoms with E-state index in [0.29, 0.717) is 6.54 Å². The van der Waals surface area contributed by atoms with E-state index in [9.17, 15) is 14.5 Å². The molecule has 1 heterocycles. The Labute approximate surface area is 91.3 Å². The van der Waals surface area contributed by atoms with Crippen molar-refractivity contribution < 1.29 is 9.31 Å². The lowest BCUT2D eigenvalue weighted by Crippen LogP contribution is -2.24. The third-order valence-electron chi connectivity index (χ3n) is 1.78. The molecule has 0 saturated carbocycles. The second-order valence-corrected chi connectivity index (χ2v) is 2.92. The first kappa shape index (κ1) is 11.9. The molecule has 2 N–H and O–H groups in total. The van der Waals surface area contributed by atoms with Gasteiger partial charge in [0.15, 0.2) is 5.82 Å². The lowest BCUT2D eigenvalue weighted by Gasteiger charge is -2.07.